The van der Waals surface area contributed by atoms with Crippen LogP contribution in [0.25, 0.3) is 12.2 Å². The summed E-state index contributed by atoms with van der Waals surface area (Å²) in [5.74, 6) is 0. The minimum Gasteiger partial charge on any atom is -0.317 e. The molecule has 0 fully saturated rings. The van der Waals surface area contributed by atoms with E-state index in [1.807, 2.05) is 31.2 Å². The van der Waals surface area contributed by atoms with Gasteiger partial charge in [0, 0.05) is 0 Å². The number of hydrogen-bond acceptors (Lipinski definition) is 1. The van der Waals surface area contributed by atoms with Crippen LogP contribution in [0.2, 0.25) is 0 Å². The van der Waals surface area contributed by atoms with Crippen molar-refractivity contribution in [1.82, 2.24) is 5.32 Å². The fourth-order valence-corrected chi connectivity index (χ4v) is 1.28. The summed E-state index contributed by atoms with van der Waals surface area (Å²) in [7, 11) is 0. The van der Waals surface area contributed by atoms with E-state index >= 15 is 0 Å². The Morgan fingerprint density at radius 2 is 1.69 bits per heavy atom. The zero-order valence-electron chi connectivity index (χ0n) is 10.7. The fourth-order valence-electron chi connectivity index (χ4n) is 1.28. The van der Waals surface area contributed by atoms with E-state index in [2.05, 4.69) is 44.0 Å². The molecule has 0 amide bonds. The van der Waals surface area contributed by atoms with Crippen molar-refractivity contribution in [2.75, 3.05) is 13.1 Å². The molecule has 0 aliphatic heterocycles. The topological polar surface area (TPSA) is 12.0 Å². The molecule has 0 atom stereocenters. The maximum Gasteiger partial charge on any atom is -0.00775 e. The van der Waals surface area contributed by atoms with E-state index in [0.717, 1.165) is 13.1 Å². The highest BCUT2D eigenvalue weighted by Crippen LogP contribution is 2.11. The van der Waals surface area contributed by atoms with Crippen LogP contribution < -0.4 is 5.32 Å². The average molecular weight is 217 g/mol. The lowest BCUT2D eigenvalue weighted by molar-refractivity contribution is 0.762. The van der Waals surface area contributed by atoms with Gasteiger partial charge in [-0.15, -0.1) is 0 Å². The van der Waals surface area contributed by atoms with Crippen LogP contribution in [0.1, 0.15) is 31.9 Å². The predicted octanol–water partition coefficient (Wildman–Crippen LogP) is 3.98. The van der Waals surface area contributed by atoms with Crippen LogP contribution in [0, 0.1) is 0 Å². The van der Waals surface area contributed by atoms with Crippen molar-refractivity contribution in [3.8, 4) is 0 Å². The van der Waals surface area contributed by atoms with Gasteiger partial charge in [-0.2, -0.15) is 0 Å². The van der Waals surface area contributed by atoms with Gasteiger partial charge in [0.2, 0.25) is 0 Å². The highest BCUT2D eigenvalue weighted by molar-refractivity contribution is 5.63. The van der Waals surface area contributed by atoms with Crippen LogP contribution in [-0.4, -0.2) is 13.1 Å². The zero-order chi connectivity index (χ0) is 12.2. The van der Waals surface area contributed by atoms with Crippen molar-refractivity contribution in [3.05, 3.63) is 48.0 Å². The Bertz CT molecular complexity index is 311. The molecule has 1 rings (SSSR count). The number of benzene rings is 1. The molecule has 1 aromatic carbocycles. The first-order chi connectivity index (χ1) is 7.79. The van der Waals surface area contributed by atoms with Gasteiger partial charge in [-0.25, -0.2) is 0 Å². The summed E-state index contributed by atoms with van der Waals surface area (Å²) < 4.78 is 0. The monoisotopic (exact) mass is 217 g/mol. The van der Waals surface area contributed by atoms with E-state index in [1.54, 1.807) is 0 Å². The number of rotatable bonds is 4. The molecular weight excluding hydrogens is 194 g/mol. The number of allylic oxidation sites excluding steroid dienone is 1. The van der Waals surface area contributed by atoms with Gasteiger partial charge in [0.15, 0.2) is 0 Å². The van der Waals surface area contributed by atoms with Crippen LogP contribution >= 0.6 is 0 Å². The highest BCUT2D eigenvalue weighted by atomic mass is 14.8. The van der Waals surface area contributed by atoms with Crippen LogP contribution in [-0.2, 0) is 0 Å². The number of nitrogens with one attached hydrogen (secondary N) is 1. The Morgan fingerprint density at radius 1 is 1.12 bits per heavy atom. The summed E-state index contributed by atoms with van der Waals surface area (Å²) in [5, 5.41) is 3.11. The first-order valence-electron chi connectivity index (χ1n) is 5.84. The third kappa shape index (κ3) is 6.20. The predicted molar refractivity (Wildman–Crippen MR) is 75.5 cm³/mol. The number of hydrogen-bond donors (Lipinski definition) is 1. The van der Waals surface area contributed by atoms with Crippen molar-refractivity contribution < 1.29 is 0 Å². The molecule has 0 saturated heterocycles. The van der Waals surface area contributed by atoms with Gasteiger partial charge in [-0.05, 0) is 31.1 Å². The molecule has 1 N–H and O–H groups in total. The highest BCUT2D eigenvalue weighted by Gasteiger charge is 1.90. The van der Waals surface area contributed by atoms with Crippen LogP contribution in [0.4, 0.5) is 0 Å². The Kier molecular flexibility index (Phi) is 9.33. The summed E-state index contributed by atoms with van der Waals surface area (Å²) in [6.45, 7) is 12.1. The SMILES string of the molecule is C=Cc1ccccc1/C=C\C.CCNCC. The lowest BCUT2D eigenvalue weighted by Crippen LogP contribution is -2.09. The molecule has 0 spiro atoms. The maximum atomic E-state index is 3.74. The molecule has 0 heterocycles. The van der Waals surface area contributed by atoms with E-state index in [-0.39, 0.29) is 0 Å². The minimum absolute atomic E-state index is 1.09. The van der Waals surface area contributed by atoms with Gasteiger partial charge in [0.25, 0.3) is 0 Å². The first-order valence-corrected chi connectivity index (χ1v) is 5.84. The van der Waals surface area contributed by atoms with Gasteiger partial charge in [-0.1, -0.05) is 62.9 Å². The van der Waals surface area contributed by atoms with Gasteiger partial charge in [0.1, 0.15) is 0 Å². The second kappa shape index (κ2) is 10.2. The molecule has 1 aromatic rings. The average Bonchev–Trinajstić information content (AvgIpc) is 2.32. The summed E-state index contributed by atoms with van der Waals surface area (Å²) in [6, 6.07) is 8.19. The third-order valence-electron chi connectivity index (χ3n) is 2.06. The lowest BCUT2D eigenvalue weighted by atomic mass is 10.1. The van der Waals surface area contributed by atoms with Crippen molar-refractivity contribution in [2.24, 2.45) is 0 Å². The molecule has 0 saturated carbocycles. The second-order valence-corrected chi connectivity index (χ2v) is 3.29. The van der Waals surface area contributed by atoms with Crippen molar-refractivity contribution in [1.29, 1.82) is 0 Å². The van der Waals surface area contributed by atoms with Gasteiger partial charge < -0.3 is 5.32 Å². The molecule has 0 unspecified atom stereocenters. The molecule has 16 heavy (non-hydrogen) atoms. The fraction of sp³-hybridized carbons (Fsp3) is 0.333. The van der Waals surface area contributed by atoms with E-state index in [4.69, 9.17) is 0 Å². The molecule has 1 nitrogen and oxygen atoms in total. The Morgan fingerprint density at radius 3 is 2.06 bits per heavy atom. The lowest BCUT2D eigenvalue weighted by Gasteiger charge is -1.97. The van der Waals surface area contributed by atoms with Gasteiger partial charge >= 0.3 is 0 Å². The Hall–Kier alpha value is -1.34. The molecule has 88 valence electrons. The quantitative estimate of drug-likeness (QED) is 0.804. The zero-order valence-corrected chi connectivity index (χ0v) is 10.7. The van der Waals surface area contributed by atoms with E-state index in [1.165, 1.54) is 11.1 Å². The minimum atomic E-state index is 1.09. The first kappa shape index (κ1) is 14.7. The molecule has 1 heteroatoms. The second-order valence-electron chi connectivity index (χ2n) is 3.29. The van der Waals surface area contributed by atoms with Crippen LogP contribution in [0.3, 0.4) is 0 Å². The summed E-state index contributed by atoms with van der Waals surface area (Å²) in [5.41, 5.74) is 2.41. The van der Waals surface area contributed by atoms with Crippen LogP contribution in [0.5, 0.6) is 0 Å². The summed E-state index contributed by atoms with van der Waals surface area (Å²) >= 11 is 0. The van der Waals surface area contributed by atoms with Gasteiger partial charge in [0.05, 0.1) is 0 Å². The van der Waals surface area contributed by atoms with E-state index in [9.17, 15) is 0 Å². The summed E-state index contributed by atoms with van der Waals surface area (Å²) in [4.78, 5) is 0. The van der Waals surface area contributed by atoms with Gasteiger partial charge in [-0.3, -0.25) is 0 Å². The molecule has 0 bridgehead atoms. The van der Waals surface area contributed by atoms with Crippen molar-refractivity contribution >= 4 is 12.2 Å². The summed E-state index contributed by atoms with van der Waals surface area (Å²) in [6.07, 6.45) is 5.98. The Balaban J connectivity index is 0.000000385. The smallest absolute Gasteiger partial charge is 0.00775 e. The van der Waals surface area contributed by atoms with Crippen molar-refractivity contribution in [2.45, 2.75) is 20.8 Å². The van der Waals surface area contributed by atoms with E-state index < -0.39 is 0 Å². The third-order valence-corrected chi connectivity index (χ3v) is 2.06. The molecule has 0 aliphatic carbocycles. The molecule has 0 aliphatic rings. The normalized spacial score (nSPS) is 9.69. The van der Waals surface area contributed by atoms with Crippen LogP contribution in [0.15, 0.2) is 36.9 Å². The standard InChI is InChI=1S/C11H12.C4H11N/c1-3-7-11-9-6-5-8-10(11)4-2;1-3-5-4-2/h3-9H,2H2,1H3;5H,3-4H2,1-2H3/b7-3-;. The molecule has 0 radical (unpaired) electrons. The van der Waals surface area contributed by atoms with Crippen molar-refractivity contribution in [3.63, 3.8) is 0 Å². The maximum absolute atomic E-state index is 3.74. The molecular formula is C15H23N. The molecule has 0 aromatic heterocycles. The van der Waals surface area contributed by atoms with E-state index in [0.29, 0.717) is 0 Å². The Labute approximate surface area is 99.9 Å². The largest absolute Gasteiger partial charge is 0.317 e.